The van der Waals surface area contributed by atoms with Crippen LogP contribution in [0.2, 0.25) is 5.02 Å². The minimum absolute atomic E-state index is 0.0183. The van der Waals surface area contributed by atoms with Crippen LogP contribution in [0, 0.1) is 0 Å². The van der Waals surface area contributed by atoms with Gasteiger partial charge in [-0.05, 0) is 11.6 Å². The summed E-state index contributed by atoms with van der Waals surface area (Å²) in [5.74, 6) is 0. The second-order valence-electron chi connectivity index (χ2n) is 5.27. The highest BCUT2D eigenvalue weighted by Gasteiger charge is 2.17. The molecule has 0 radical (unpaired) electrons. The van der Waals surface area contributed by atoms with Crippen molar-refractivity contribution in [2.75, 3.05) is 0 Å². The Morgan fingerprint density at radius 2 is 1.92 bits per heavy atom. The van der Waals surface area contributed by atoms with Gasteiger partial charge in [-0.25, -0.2) is 9.78 Å². The van der Waals surface area contributed by atoms with Crippen molar-refractivity contribution < 1.29 is 5.11 Å². The summed E-state index contributed by atoms with van der Waals surface area (Å²) in [7, 11) is 1.40. The van der Waals surface area contributed by atoms with Crippen LogP contribution >= 0.6 is 11.6 Å². The van der Waals surface area contributed by atoms with E-state index in [4.69, 9.17) is 11.6 Å². The summed E-state index contributed by atoms with van der Waals surface area (Å²) in [6.45, 7) is 0. The first-order valence-corrected chi connectivity index (χ1v) is 7.41. The Kier molecular flexibility index (Phi) is 4.08. The van der Waals surface area contributed by atoms with Crippen molar-refractivity contribution in [1.29, 1.82) is 0 Å². The first-order valence-electron chi connectivity index (χ1n) is 7.03. The number of benzene rings is 1. The van der Waals surface area contributed by atoms with E-state index in [1.165, 1.54) is 7.05 Å². The van der Waals surface area contributed by atoms with Crippen molar-refractivity contribution in [2.45, 2.75) is 12.5 Å². The highest BCUT2D eigenvalue weighted by molar-refractivity contribution is 6.31. The van der Waals surface area contributed by atoms with E-state index in [-0.39, 0.29) is 23.3 Å². The van der Waals surface area contributed by atoms with Gasteiger partial charge in [0.15, 0.2) is 5.52 Å². The molecule has 0 amide bonds. The maximum Gasteiger partial charge on any atom is 0.329 e. The number of aliphatic hydroxyl groups is 1. The first-order chi connectivity index (χ1) is 11.4. The van der Waals surface area contributed by atoms with Gasteiger partial charge in [0.25, 0.3) is 11.1 Å². The lowest BCUT2D eigenvalue weighted by molar-refractivity contribution is 0.177. The molecule has 1 atom stereocenters. The third-order valence-electron chi connectivity index (χ3n) is 3.69. The first kappa shape index (κ1) is 16.2. The molecular formula is C15H13ClN4O4. The zero-order valence-corrected chi connectivity index (χ0v) is 13.3. The number of hydrogen-bond donors (Lipinski definition) is 3. The van der Waals surface area contributed by atoms with Crippen LogP contribution in [-0.4, -0.2) is 24.6 Å². The number of nitrogens with one attached hydrogen (secondary N) is 2. The smallest absolute Gasteiger partial charge is 0.329 e. The summed E-state index contributed by atoms with van der Waals surface area (Å²) >= 11 is 6.02. The molecule has 0 unspecified atom stereocenters. The second-order valence-corrected chi connectivity index (χ2v) is 5.68. The van der Waals surface area contributed by atoms with Crippen LogP contribution in [0.1, 0.15) is 17.4 Å². The average molecular weight is 349 g/mol. The third-order valence-corrected chi connectivity index (χ3v) is 4.04. The summed E-state index contributed by atoms with van der Waals surface area (Å²) in [6.07, 6.45) is -1.19. The van der Waals surface area contributed by atoms with E-state index in [0.29, 0.717) is 10.6 Å². The molecule has 0 saturated carbocycles. The topological polar surface area (TPSA) is 121 Å². The summed E-state index contributed by atoms with van der Waals surface area (Å²) in [6, 6.07) is 6.69. The number of aryl methyl sites for hydroxylation is 1. The zero-order valence-electron chi connectivity index (χ0n) is 12.5. The van der Waals surface area contributed by atoms with Gasteiger partial charge < -0.3 is 10.1 Å². The van der Waals surface area contributed by atoms with Crippen LogP contribution in [0.15, 0.2) is 38.6 Å². The molecular weight excluding hydrogens is 336 g/mol. The third kappa shape index (κ3) is 2.77. The lowest BCUT2D eigenvalue weighted by Crippen LogP contribution is -2.32. The van der Waals surface area contributed by atoms with Crippen molar-refractivity contribution in [3.05, 3.63) is 71.7 Å². The number of nitrogens with zero attached hydrogens (tertiary/aromatic N) is 2. The van der Waals surface area contributed by atoms with Gasteiger partial charge in [0.1, 0.15) is 11.3 Å². The zero-order chi connectivity index (χ0) is 17.4. The molecule has 3 N–H and O–H groups in total. The van der Waals surface area contributed by atoms with Gasteiger partial charge in [-0.3, -0.25) is 19.1 Å². The molecule has 24 heavy (non-hydrogen) atoms. The molecule has 0 aliphatic carbocycles. The summed E-state index contributed by atoms with van der Waals surface area (Å²) in [5.41, 5.74) is -1.60. The molecule has 124 valence electrons. The molecule has 0 bridgehead atoms. The molecule has 3 rings (SSSR count). The minimum Gasteiger partial charge on any atom is -0.388 e. The van der Waals surface area contributed by atoms with E-state index < -0.39 is 22.9 Å². The Bertz CT molecular complexity index is 1100. The Morgan fingerprint density at radius 3 is 2.62 bits per heavy atom. The van der Waals surface area contributed by atoms with Crippen LogP contribution in [0.3, 0.4) is 0 Å². The Morgan fingerprint density at radius 1 is 1.21 bits per heavy atom. The number of H-pyrrole nitrogens is 2. The number of fused-ring (bicyclic) bond motifs is 1. The van der Waals surface area contributed by atoms with E-state index in [1.54, 1.807) is 24.3 Å². The molecule has 1 aromatic carbocycles. The van der Waals surface area contributed by atoms with Gasteiger partial charge >= 0.3 is 5.69 Å². The molecule has 0 aliphatic rings. The Balaban J connectivity index is 2.10. The molecule has 0 saturated heterocycles. The lowest BCUT2D eigenvalue weighted by atomic mass is 10.1. The predicted octanol–water partition coefficient (Wildman–Crippen LogP) is 0.240. The van der Waals surface area contributed by atoms with E-state index in [9.17, 15) is 19.5 Å². The van der Waals surface area contributed by atoms with Crippen LogP contribution in [-0.2, 0) is 13.5 Å². The van der Waals surface area contributed by atoms with Gasteiger partial charge in [0.05, 0.1) is 6.10 Å². The quantitative estimate of drug-likeness (QED) is 0.626. The van der Waals surface area contributed by atoms with Gasteiger partial charge in [0.2, 0.25) is 0 Å². The van der Waals surface area contributed by atoms with Crippen LogP contribution in [0.5, 0.6) is 0 Å². The molecule has 9 heteroatoms. The van der Waals surface area contributed by atoms with E-state index in [1.807, 2.05) is 0 Å². The fraction of sp³-hybridized carbons (Fsp3) is 0.200. The summed E-state index contributed by atoms with van der Waals surface area (Å²) in [5, 5.41) is 10.7. The van der Waals surface area contributed by atoms with Crippen LogP contribution in [0.25, 0.3) is 11.2 Å². The molecule has 0 spiro atoms. The minimum atomic E-state index is -1.06. The highest BCUT2D eigenvalue weighted by Crippen LogP contribution is 2.24. The predicted molar refractivity (Wildman–Crippen MR) is 88.3 cm³/mol. The molecule has 0 fully saturated rings. The van der Waals surface area contributed by atoms with Crippen LogP contribution < -0.4 is 16.8 Å². The second kappa shape index (κ2) is 6.06. The molecule has 2 heterocycles. The normalized spacial score (nSPS) is 12.5. The fourth-order valence-electron chi connectivity index (χ4n) is 2.40. The van der Waals surface area contributed by atoms with Gasteiger partial charge in [-0.15, -0.1) is 0 Å². The number of rotatable bonds is 3. The number of aliphatic hydroxyl groups excluding tert-OH is 1. The van der Waals surface area contributed by atoms with Crippen molar-refractivity contribution in [3.8, 4) is 0 Å². The summed E-state index contributed by atoms with van der Waals surface area (Å²) < 4.78 is 1.08. The van der Waals surface area contributed by atoms with Crippen molar-refractivity contribution in [1.82, 2.24) is 19.5 Å². The SMILES string of the molecule is Cn1c(=O)[nH]c(=O)c2nc(C[C@H](O)c3ccccc3Cl)c(=O)[nH]c21. The summed E-state index contributed by atoms with van der Waals surface area (Å²) in [4.78, 5) is 44.2. The van der Waals surface area contributed by atoms with Crippen molar-refractivity contribution >= 4 is 22.8 Å². The largest absolute Gasteiger partial charge is 0.388 e. The number of halogens is 1. The van der Waals surface area contributed by atoms with Crippen LogP contribution in [0.4, 0.5) is 0 Å². The maximum absolute atomic E-state index is 12.2. The maximum atomic E-state index is 12.2. The Hall–Kier alpha value is -2.71. The van der Waals surface area contributed by atoms with E-state index >= 15 is 0 Å². The van der Waals surface area contributed by atoms with Crippen molar-refractivity contribution in [3.63, 3.8) is 0 Å². The van der Waals surface area contributed by atoms with E-state index in [0.717, 1.165) is 4.57 Å². The fourth-order valence-corrected chi connectivity index (χ4v) is 2.66. The average Bonchev–Trinajstić information content (AvgIpc) is 2.54. The molecule has 3 aromatic rings. The molecule has 0 aliphatic heterocycles. The number of aromatic amines is 2. The lowest BCUT2D eigenvalue weighted by Gasteiger charge is -2.12. The van der Waals surface area contributed by atoms with Gasteiger partial charge in [0, 0.05) is 18.5 Å². The number of hydrogen-bond acceptors (Lipinski definition) is 5. The monoisotopic (exact) mass is 348 g/mol. The standard InChI is InChI=1S/C15H13ClN4O4/c1-20-12-11(14(23)19-15(20)24)17-9(13(22)18-12)6-10(21)7-4-2-3-5-8(7)16/h2-5,10,21H,6H2,1H3,(H,18,22)(H,19,23,24)/t10-/m0/s1. The molecule has 2 aromatic heterocycles. The molecule has 8 nitrogen and oxygen atoms in total. The Labute approximate surface area is 139 Å². The highest BCUT2D eigenvalue weighted by atomic mass is 35.5. The van der Waals surface area contributed by atoms with Gasteiger partial charge in [-0.2, -0.15) is 0 Å². The van der Waals surface area contributed by atoms with E-state index in [2.05, 4.69) is 15.0 Å². The van der Waals surface area contributed by atoms with Gasteiger partial charge in [-0.1, -0.05) is 29.8 Å². The van der Waals surface area contributed by atoms with Crippen molar-refractivity contribution in [2.24, 2.45) is 7.05 Å². The number of aromatic nitrogens is 4.